The number of cyclic esters (lactones) is 1. The van der Waals surface area contributed by atoms with Gasteiger partial charge in [-0.1, -0.05) is 13.5 Å². The number of ether oxygens (including phenoxy) is 2. The predicted molar refractivity (Wildman–Crippen MR) is 56.4 cm³/mol. The molecule has 1 aliphatic carbocycles. The fourth-order valence-electron chi connectivity index (χ4n) is 2.84. The minimum atomic E-state index is -0.406. The van der Waals surface area contributed by atoms with E-state index in [-0.39, 0.29) is 29.8 Å². The summed E-state index contributed by atoms with van der Waals surface area (Å²) < 4.78 is 10.3. The second-order valence-electron chi connectivity index (χ2n) is 4.54. The molecule has 2 rings (SSSR count). The van der Waals surface area contributed by atoms with E-state index in [1.165, 1.54) is 6.08 Å². The second-order valence-corrected chi connectivity index (χ2v) is 4.54. The Kier molecular flexibility index (Phi) is 2.99. The van der Waals surface area contributed by atoms with Crippen LogP contribution in [0.3, 0.4) is 0 Å². The highest BCUT2D eigenvalue weighted by Crippen LogP contribution is 2.43. The fraction of sp³-hybridized carbons (Fsp3) is 0.667. The first-order valence-electron chi connectivity index (χ1n) is 5.63. The summed E-state index contributed by atoms with van der Waals surface area (Å²) in [5.41, 5.74) is 0. The van der Waals surface area contributed by atoms with Crippen molar-refractivity contribution in [1.29, 1.82) is 0 Å². The van der Waals surface area contributed by atoms with Crippen LogP contribution in [0, 0.1) is 17.8 Å². The van der Waals surface area contributed by atoms with Crippen molar-refractivity contribution in [1.82, 2.24) is 0 Å². The maximum atomic E-state index is 11.6. The first-order valence-corrected chi connectivity index (χ1v) is 5.63. The van der Waals surface area contributed by atoms with E-state index in [0.29, 0.717) is 6.61 Å². The molecule has 4 nitrogen and oxygen atoms in total. The van der Waals surface area contributed by atoms with E-state index in [0.717, 1.165) is 12.8 Å². The van der Waals surface area contributed by atoms with Gasteiger partial charge in [-0.25, -0.2) is 4.79 Å². The number of rotatable bonds is 2. The van der Waals surface area contributed by atoms with Crippen molar-refractivity contribution in [2.45, 2.75) is 25.9 Å². The Morgan fingerprint density at radius 1 is 1.62 bits per heavy atom. The summed E-state index contributed by atoms with van der Waals surface area (Å²) in [5, 5.41) is 0. The van der Waals surface area contributed by atoms with Crippen molar-refractivity contribution in [2.75, 3.05) is 6.61 Å². The molecule has 2 aliphatic rings. The van der Waals surface area contributed by atoms with Crippen LogP contribution in [0.5, 0.6) is 0 Å². The van der Waals surface area contributed by atoms with Gasteiger partial charge in [0.25, 0.3) is 0 Å². The number of carbonyl (C=O) groups excluding carboxylic acids is 2. The lowest BCUT2D eigenvalue weighted by atomic mass is 9.86. The SMILES string of the molecule is C=CC(=O)OC1CC(C)C2C(=O)OCCC12. The molecule has 0 bridgehead atoms. The van der Waals surface area contributed by atoms with Crippen molar-refractivity contribution >= 4 is 11.9 Å². The van der Waals surface area contributed by atoms with Gasteiger partial charge in [-0.2, -0.15) is 0 Å². The molecule has 1 heterocycles. The van der Waals surface area contributed by atoms with Crippen LogP contribution in [0.2, 0.25) is 0 Å². The van der Waals surface area contributed by atoms with E-state index in [1.54, 1.807) is 0 Å². The summed E-state index contributed by atoms with van der Waals surface area (Å²) in [5.74, 6) is -0.297. The number of hydrogen-bond donors (Lipinski definition) is 0. The van der Waals surface area contributed by atoms with Gasteiger partial charge in [-0.15, -0.1) is 0 Å². The highest BCUT2D eigenvalue weighted by molar-refractivity contribution is 5.81. The van der Waals surface area contributed by atoms with E-state index in [1.807, 2.05) is 6.92 Å². The van der Waals surface area contributed by atoms with E-state index < -0.39 is 5.97 Å². The van der Waals surface area contributed by atoms with Crippen LogP contribution < -0.4 is 0 Å². The van der Waals surface area contributed by atoms with Crippen molar-refractivity contribution in [3.8, 4) is 0 Å². The predicted octanol–water partition coefficient (Wildman–Crippen LogP) is 1.30. The number of hydrogen-bond acceptors (Lipinski definition) is 4. The molecule has 2 fully saturated rings. The average Bonchev–Trinajstić information content (AvgIpc) is 2.57. The average molecular weight is 224 g/mol. The molecule has 0 radical (unpaired) electrons. The van der Waals surface area contributed by atoms with Gasteiger partial charge in [-0.3, -0.25) is 4.79 Å². The molecule has 0 amide bonds. The number of carbonyl (C=O) groups is 2. The molecule has 4 atom stereocenters. The quantitative estimate of drug-likeness (QED) is 0.524. The van der Waals surface area contributed by atoms with Crippen LogP contribution in [-0.4, -0.2) is 24.6 Å². The van der Waals surface area contributed by atoms with Gasteiger partial charge >= 0.3 is 11.9 Å². The minimum Gasteiger partial charge on any atom is -0.465 e. The van der Waals surface area contributed by atoms with Gasteiger partial charge < -0.3 is 9.47 Å². The molecular weight excluding hydrogens is 208 g/mol. The van der Waals surface area contributed by atoms with Crippen molar-refractivity contribution in [3.05, 3.63) is 12.7 Å². The topological polar surface area (TPSA) is 52.6 Å². The summed E-state index contributed by atoms with van der Waals surface area (Å²) in [6.45, 7) is 5.82. The normalized spacial score (nSPS) is 37.4. The summed E-state index contributed by atoms with van der Waals surface area (Å²) in [4.78, 5) is 22.8. The Morgan fingerprint density at radius 3 is 3.06 bits per heavy atom. The molecule has 0 N–H and O–H groups in total. The fourth-order valence-corrected chi connectivity index (χ4v) is 2.84. The molecular formula is C12H16O4. The molecule has 4 unspecified atom stereocenters. The van der Waals surface area contributed by atoms with E-state index in [9.17, 15) is 9.59 Å². The lowest BCUT2D eigenvalue weighted by Crippen LogP contribution is -2.36. The summed E-state index contributed by atoms with van der Waals surface area (Å²) >= 11 is 0. The molecule has 1 aliphatic heterocycles. The lowest BCUT2D eigenvalue weighted by Gasteiger charge is -2.28. The second kappa shape index (κ2) is 4.28. The molecule has 4 heteroatoms. The zero-order valence-corrected chi connectivity index (χ0v) is 9.35. The van der Waals surface area contributed by atoms with E-state index >= 15 is 0 Å². The van der Waals surface area contributed by atoms with Crippen LogP contribution in [0.15, 0.2) is 12.7 Å². The molecule has 16 heavy (non-hydrogen) atoms. The molecule has 0 spiro atoms. The molecule has 88 valence electrons. The summed E-state index contributed by atoms with van der Waals surface area (Å²) in [7, 11) is 0. The largest absolute Gasteiger partial charge is 0.465 e. The maximum Gasteiger partial charge on any atom is 0.330 e. The highest BCUT2D eigenvalue weighted by atomic mass is 16.5. The molecule has 0 aromatic carbocycles. The summed E-state index contributed by atoms with van der Waals surface area (Å²) in [6.07, 6.45) is 2.54. The standard InChI is InChI=1S/C12H16O4/c1-3-10(13)16-9-6-7(2)11-8(9)4-5-15-12(11)14/h3,7-9,11H,1,4-6H2,2H3. The monoisotopic (exact) mass is 224 g/mol. The smallest absolute Gasteiger partial charge is 0.330 e. The molecule has 0 aromatic rings. The molecule has 0 aromatic heterocycles. The first kappa shape index (κ1) is 11.2. The Morgan fingerprint density at radius 2 is 2.38 bits per heavy atom. The third-order valence-corrected chi connectivity index (χ3v) is 3.56. The zero-order chi connectivity index (χ0) is 11.7. The first-order chi connectivity index (χ1) is 7.63. The third kappa shape index (κ3) is 1.84. The van der Waals surface area contributed by atoms with Crippen molar-refractivity contribution in [2.24, 2.45) is 17.8 Å². The van der Waals surface area contributed by atoms with Crippen LogP contribution in [0.1, 0.15) is 19.8 Å². The number of fused-ring (bicyclic) bond motifs is 1. The Hall–Kier alpha value is -1.32. The van der Waals surface area contributed by atoms with Gasteiger partial charge in [0.1, 0.15) is 6.10 Å². The van der Waals surface area contributed by atoms with Gasteiger partial charge in [0.2, 0.25) is 0 Å². The Balaban J connectivity index is 2.09. The minimum absolute atomic E-state index is 0.101. The van der Waals surface area contributed by atoms with Crippen LogP contribution in [0.4, 0.5) is 0 Å². The third-order valence-electron chi connectivity index (χ3n) is 3.56. The highest BCUT2D eigenvalue weighted by Gasteiger charge is 2.49. The van der Waals surface area contributed by atoms with Crippen LogP contribution in [-0.2, 0) is 19.1 Å². The van der Waals surface area contributed by atoms with Crippen molar-refractivity contribution in [3.63, 3.8) is 0 Å². The summed E-state index contributed by atoms with van der Waals surface area (Å²) in [6, 6.07) is 0. The Bertz CT molecular complexity index is 323. The van der Waals surface area contributed by atoms with Gasteiger partial charge in [0.05, 0.1) is 12.5 Å². The zero-order valence-electron chi connectivity index (χ0n) is 9.35. The maximum absolute atomic E-state index is 11.6. The van der Waals surface area contributed by atoms with Gasteiger partial charge in [-0.05, 0) is 18.8 Å². The van der Waals surface area contributed by atoms with E-state index in [4.69, 9.17) is 9.47 Å². The molecule has 1 saturated carbocycles. The lowest BCUT2D eigenvalue weighted by molar-refractivity contribution is -0.161. The van der Waals surface area contributed by atoms with Gasteiger partial charge in [0.15, 0.2) is 0 Å². The van der Waals surface area contributed by atoms with Crippen LogP contribution >= 0.6 is 0 Å². The molecule has 1 saturated heterocycles. The van der Waals surface area contributed by atoms with Crippen LogP contribution in [0.25, 0.3) is 0 Å². The Labute approximate surface area is 94.6 Å². The van der Waals surface area contributed by atoms with Gasteiger partial charge in [0, 0.05) is 12.0 Å². The van der Waals surface area contributed by atoms with Crippen molar-refractivity contribution < 1.29 is 19.1 Å². The van der Waals surface area contributed by atoms with E-state index in [2.05, 4.69) is 6.58 Å². The number of esters is 2.